The highest BCUT2D eigenvalue weighted by Gasteiger charge is 2.09. The minimum Gasteiger partial charge on any atom is -0.357 e. The molecule has 0 bridgehead atoms. The molecular formula is C11H12N2O3. The van der Waals surface area contributed by atoms with Gasteiger partial charge in [-0.2, -0.15) is 0 Å². The third-order valence-electron chi connectivity index (χ3n) is 2.51. The lowest BCUT2D eigenvalue weighted by Crippen LogP contribution is -1.93. The lowest BCUT2D eigenvalue weighted by atomic mass is 10.3. The highest BCUT2D eigenvalue weighted by molar-refractivity contribution is 5.85. The van der Waals surface area contributed by atoms with Crippen LogP contribution in [0.4, 0.5) is 5.69 Å². The molecule has 1 aliphatic carbocycles. The Morgan fingerprint density at radius 3 is 2.38 bits per heavy atom. The van der Waals surface area contributed by atoms with Crippen molar-refractivity contribution in [3.63, 3.8) is 0 Å². The molecule has 0 radical (unpaired) electrons. The normalized spacial score (nSPS) is 14.9. The number of non-ortho nitro benzene ring substituents is 1. The summed E-state index contributed by atoms with van der Waals surface area (Å²) < 4.78 is 0. The van der Waals surface area contributed by atoms with E-state index in [0.717, 1.165) is 18.6 Å². The predicted molar refractivity (Wildman–Crippen MR) is 59.6 cm³/mol. The maximum Gasteiger partial charge on any atom is 0.269 e. The second kappa shape index (κ2) is 4.74. The van der Waals surface area contributed by atoms with Crippen molar-refractivity contribution in [1.82, 2.24) is 0 Å². The third kappa shape index (κ3) is 2.56. The highest BCUT2D eigenvalue weighted by Crippen LogP contribution is 2.19. The van der Waals surface area contributed by atoms with Crippen LogP contribution in [-0.4, -0.2) is 10.6 Å². The molecule has 16 heavy (non-hydrogen) atoms. The van der Waals surface area contributed by atoms with Gasteiger partial charge < -0.3 is 4.84 Å². The Bertz CT molecular complexity index is 404. The molecule has 1 aliphatic rings. The third-order valence-corrected chi connectivity index (χ3v) is 2.51. The van der Waals surface area contributed by atoms with Crippen LogP contribution in [0.15, 0.2) is 29.4 Å². The van der Waals surface area contributed by atoms with E-state index >= 15 is 0 Å². The fraction of sp³-hybridized carbons (Fsp3) is 0.364. The molecule has 1 aromatic rings. The number of hydrogen-bond acceptors (Lipinski definition) is 4. The molecule has 84 valence electrons. The molecule has 1 aromatic carbocycles. The van der Waals surface area contributed by atoms with Gasteiger partial charge in [-0.1, -0.05) is 5.16 Å². The number of nitrogens with zero attached hydrogens (tertiary/aromatic N) is 2. The van der Waals surface area contributed by atoms with Gasteiger partial charge in [0.25, 0.3) is 5.69 Å². The Morgan fingerprint density at radius 2 is 1.81 bits per heavy atom. The maximum atomic E-state index is 10.4. The zero-order chi connectivity index (χ0) is 11.4. The highest BCUT2D eigenvalue weighted by atomic mass is 16.6. The maximum absolute atomic E-state index is 10.4. The Balaban J connectivity index is 1.99. The quantitative estimate of drug-likeness (QED) is 0.581. The summed E-state index contributed by atoms with van der Waals surface area (Å²) in [7, 11) is 0. The monoisotopic (exact) mass is 220 g/mol. The lowest BCUT2D eigenvalue weighted by molar-refractivity contribution is -0.384. The van der Waals surface area contributed by atoms with E-state index in [4.69, 9.17) is 4.84 Å². The van der Waals surface area contributed by atoms with E-state index in [9.17, 15) is 10.1 Å². The van der Waals surface area contributed by atoms with Gasteiger partial charge in [-0.15, -0.1) is 0 Å². The van der Waals surface area contributed by atoms with Crippen molar-refractivity contribution < 1.29 is 9.76 Å². The van der Waals surface area contributed by atoms with Crippen LogP contribution in [0.2, 0.25) is 0 Å². The minimum absolute atomic E-state index is 0.0564. The van der Waals surface area contributed by atoms with Crippen molar-refractivity contribution in [2.75, 3.05) is 0 Å². The fourth-order valence-electron chi connectivity index (χ4n) is 1.62. The summed E-state index contributed by atoms with van der Waals surface area (Å²) in [6.45, 7) is 0. The molecule has 0 aromatic heterocycles. The molecule has 2 rings (SSSR count). The number of hydrogen-bond donors (Lipinski definition) is 0. The van der Waals surface area contributed by atoms with Crippen molar-refractivity contribution >= 4 is 11.4 Å². The van der Waals surface area contributed by atoms with E-state index < -0.39 is 4.92 Å². The molecule has 0 amide bonds. The second-order valence-corrected chi connectivity index (χ2v) is 3.71. The summed E-state index contributed by atoms with van der Waals surface area (Å²) in [6, 6.07) is 5.92. The molecule has 0 saturated heterocycles. The summed E-state index contributed by atoms with van der Waals surface area (Å²) >= 11 is 0. The molecule has 0 heterocycles. The Kier molecular flexibility index (Phi) is 3.14. The average Bonchev–Trinajstić information content (AvgIpc) is 2.80. The van der Waals surface area contributed by atoms with Crippen molar-refractivity contribution in [3.05, 3.63) is 34.4 Å². The number of nitro benzene ring substituents is 1. The van der Waals surface area contributed by atoms with E-state index in [1.165, 1.54) is 25.0 Å². The van der Waals surface area contributed by atoms with Crippen LogP contribution in [0, 0.1) is 10.1 Å². The van der Waals surface area contributed by atoms with Crippen LogP contribution in [0.3, 0.4) is 0 Å². The lowest BCUT2D eigenvalue weighted by Gasteiger charge is -1.99. The molecule has 5 heteroatoms. The zero-order valence-corrected chi connectivity index (χ0v) is 8.76. The van der Waals surface area contributed by atoms with E-state index in [1.807, 2.05) is 0 Å². The first-order valence-corrected chi connectivity index (χ1v) is 5.23. The summed E-state index contributed by atoms with van der Waals surface area (Å²) in [6.07, 6.45) is 4.32. The molecule has 0 atom stereocenters. The van der Waals surface area contributed by atoms with Crippen LogP contribution in [0.1, 0.15) is 25.7 Å². The van der Waals surface area contributed by atoms with Gasteiger partial charge >= 0.3 is 0 Å². The van der Waals surface area contributed by atoms with Crippen molar-refractivity contribution in [1.29, 1.82) is 0 Å². The molecule has 1 saturated carbocycles. The summed E-state index contributed by atoms with van der Waals surface area (Å²) in [5, 5.41) is 14.4. The van der Waals surface area contributed by atoms with Crippen LogP contribution in [0.25, 0.3) is 0 Å². The molecule has 0 spiro atoms. The minimum atomic E-state index is -0.438. The van der Waals surface area contributed by atoms with Crippen LogP contribution >= 0.6 is 0 Å². The van der Waals surface area contributed by atoms with Crippen molar-refractivity contribution in [2.45, 2.75) is 25.7 Å². The molecule has 5 nitrogen and oxygen atoms in total. The number of oxime groups is 1. The van der Waals surface area contributed by atoms with Gasteiger partial charge in [0.15, 0.2) is 5.75 Å². The molecular weight excluding hydrogens is 208 g/mol. The standard InChI is InChI=1S/C11H12N2O3/c14-13(15)10-5-7-11(8-6-10)16-12-9-3-1-2-4-9/h5-8H,1-4H2. The average molecular weight is 220 g/mol. The Labute approximate surface area is 92.9 Å². The Morgan fingerprint density at radius 1 is 1.19 bits per heavy atom. The van der Waals surface area contributed by atoms with Gasteiger partial charge in [-0.05, 0) is 37.8 Å². The van der Waals surface area contributed by atoms with Gasteiger partial charge in [0.1, 0.15) is 0 Å². The topological polar surface area (TPSA) is 64.7 Å². The smallest absolute Gasteiger partial charge is 0.269 e. The van der Waals surface area contributed by atoms with Gasteiger partial charge in [0.05, 0.1) is 10.6 Å². The van der Waals surface area contributed by atoms with Gasteiger partial charge in [-0.3, -0.25) is 10.1 Å². The van der Waals surface area contributed by atoms with E-state index in [1.54, 1.807) is 12.1 Å². The predicted octanol–water partition coefficient (Wildman–Crippen LogP) is 2.90. The van der Waals surface area contributed by atoms with E-state index in [0.29, 0.717) is 5.75 Å². The molecule has 1 fully saturated rings. The largest absolute Gasteiger partial charge is 0.357 e. The molecule has 0 unspecified atom stereocenters. The number of nitro groups is 1. The first-order chi connectivity index (χ1) is 7.75. The summed E-state index contributed by atoms with van der Waals surface area (Å²) in [4.78, 5) is 15.2. The second-order valence-electron chi connectivity index (χ2n) is 3.71. The van der Waals surface area contributed by atoms with Crippen LogP contribution < -0.4 is 4.84 Å². The van der Waals surface area contributed by atoms with Gasteiger partial charge in [-0.25, -0.2) is 0 Å². The number of rotatable bonds is 3. The Hall–Kier alpha value is -1.91. The summed E-state index contributed by atoms with van der Waals surface area (Å²) in [5.74, 6) is 0.532. The van der Waals surface area contributed by atoms with Crippen LogP contribution in [-0.2, 0) is 0 Å². The van der Waals surface area contributed by atoms with Gasteiger partial charge in [0, 0.05) is 12.1 Å². The van der Waals surface area contributed by atoms with Gasteiger partial charge in [0.2, 0.25) is 0 Å². The zero-order valence-electron chi connectivity index (χ0n) is 8.76. The van der Waals surface area contributed by atoms with E-state index in [2.05, 4.69) is 5.16 Å². The fourth-order valence-corrected chi connectivity index (χ4v) is 1.62. The van der Waals surface area contributed by atoms with Crippen LogP contribution in [0.5, 0.6) is 5.75 Å². The van der Waals surface area contributed by atoms with E-state index in [-0.39, 0.29) is 5.69 Å². The summed E-state index contributed by atoms with van der Waals surface area (Å²) in [5.41, 5.74) is 1.12. The first kappa shape index (κ1) is 10.6. The SMILES string of the molecule is O=[N+]([O-])c1ccc(ON=C2CCCC2)cc1. The van der Waals surface area contributed by atoms with Crippen molar-refractivity contribution in [3.8, 4) is 5.75 Å². The molecule has 0 aliphatic heterocycles. The molecule has 0 N–H and O–H groups in total. The number of benzene rings is 1. The van der Waals surface area contributed by atoms with Crippen molar-refractivity contribution in [2.24, 2.45) is 5.16 Å². The first-order valence-electron chi connectivity index (χ1n) is 5.23.